The van der Waals surface area contributed by atoms with Crippen molar-refractivity contribution < 1.29 is 13.9 Å². The number of nitrogens with one attached hydrogen (secondary N) is 1. The highest BCUT2D eigenvalue weighted by molar-refractivity contribution is 5.95. The molecule has 5 rings (SSSR count). The summed E-state index contributed by atoms with van der Waals surface area (Å²) in [6.07, 6.45) is 4.27. The first-order valence-electron chi connectivity index (χ1n) is 12.0. The van der Waals surface area contributed by atoms with Gasteiger partial charge in [-0.05, 0) is 49.8 Å². The van der Waals surface area contributed by atoms with Crippen molar-refractivity contribution in [3.8, 4) is 34.4 Å². The van der Waals surface area contributed by atoms with Crippen LogP contribution in [0.4, 0.5) is 5.69 Å². The molecule has 0 spiro atoms. The van der Waals surface area contributed by atoms with Crippen molar-refractivity contribution in [1.82, 2.24) is 19.8 Å². The van der Waals surface area contributed by atoms with Crippen molar-refractivity contribution in [2.24, 2.45) is 0 Å². The Bertz CT molecular complexity index is 1520. The number of methoxy groups -OCH3 is 1. The Kier molecular flexibility index (Phi) is 6.51. The van der Waals surface area contributed by atoms with Crippen LogP contribution in [-0.4, -0.2) is 73.1 Å². The average molecular weight is 497 g/mol. The van der Waals surface area contributed by atoms with Gasteiger partial charge in [0.1, 0.15) is 23.0 Å². The molecule has 4 aromatic rings. The van der Waals surface area contributed by atoms with Gasteiger partial charge in [-0.1, -0.05) is 6.07 Å². The van der Waals surface area contributed by atoms with E-state index in [4.69, 9.17) is 9.15 Å². The average Bonchev–Trinajstić information content (AvgIpc) is 3.53. The summed E-state index contributed by atoms with van der Waals surface area (Å²) in [7, 11) is 7.00. The fourth-order valence-corrected chi connectivity index (χ4v) is 4.65. The summed E-state index contributed by atoms with van der Waals surface area (Å²) in [6, 6.07) is 13.8. The Labute approximate surface area is 215 Å². The number of amides is 1. The number of likely N-dealkylation sites (tertiary alicyclic amines) is 1. The minimum Gasteiger partial charge on any atom is -0.494 e. The molecular weight excluding hydrogens is 468 g/mol. The lowest BCUT2D eigenvalue weighted by atomic mass is 10.0. The molecule has 0 aliphatic carbocycles. The summed E-state index contributed by atoms with van der Waals surface area (Å²) in [6.45, 7) is 2.00. The molecule has 1 unspecified atom stereocenters. The van der Waals surface area contributed by atoms with Crippen molar-refractivity contribution in [3.05, 3.63) is 59.9 Å². The van der Waals surface area contributed by atoms with E-state index in [2.05, 4.69) is 33.3 Å². The van der Waals surface area contributed by atoms with Crippen LogP contribution in [0.1, 0.15) is 22.3 Å². The zero-order valence-electron chi connectivity index (χ0n) is 21.3. The Hall–Kier alpha value is -4.42. The normalized spacial score (nSPS) is 15.5. The van der Waals surface area contributed by atoms with Crippen molar-refractivity contribution >= 4 is 22.7 Å². The molecule has 9 nitrogen and oxygen atoms in total. The first kappa shape index (κ1) is 24.3. The summed E-state index contributed by atoms with van der Waals surface area (Å²) in [5, 5.41) is 13.4. The lowest BCUT2D eigenvalue weighted by Gasteiger charge is -2.16. The van der Waals surface area contributed by atoms with Crippen LogP contribution < -0.4 is 10.1 Å². The molecule has 1 aromatic carbocycles. The fraction of sp³-hybridized carbons (Fsp3) is 0.286. The van der Waals surface area contributed by atoms with Gasteiger partial charge in [-0.15, -0.1) is 0 Å². The number of benzene rings is 1. The number of aromatic nitrogens is 2. The number of carbonyl (C=O) groups is 1. The number of fused-ring (bicyclic) bond motifs is 1. The number of furan rings is 1. The molecule has 37 heavy (non-hydrogen) atoms. The highest BCUT2D eigenvalue weighted by atomic mass is 16.5. The third-order valence-electron chi connectivity index (χ3n) is 6.57. The van der Waals surface area contributed by atoms with Crippen LogP contribution in [0.3, 0.4) is 0 Å². The minimum absolute atomic E-state index is 0.169. The van der Waals surface area contributed by atoms with Crippen molar-refractivity contribution in [3.63, 3.8) is 0 Å². The van der Waals surface area contributed by atoms with Gasteiger partial charge in [0.15, 0.2) is 11.3 Å². The van der Waals surface area contributed by atoms with Gasteiger partial charge in [0, 0.05) is 50.7 Å². The largest absolute Gasteiger partial charge is 0.494 e. The summed E-state index contributed by atoms with van der Waals surface area (Å²) in [5.41, 5.74) is 5.20. The van der Waals surface area contributed by atoms with E-state index in [0.717, 1.165) is 36.3 Å². The maximum atomic E-state index is 12.4. The molecule has 1 saturated heterocycles. The molecule has 9 heteroatoms. The topological polar surface area (TPSA) is 108 Å². The number of anilines is 1. The van der Waals surface area contributed by atoms with Gasteiger partial charge in [0.25, 0.3) is 5.91 Å². The summed E-state index contributed by atoms with van der Waals surface area (Å²) >= 11 is 0. The number of nitrogens with zero attached hydrogens (tertiary/aromatic N) is 5. The van der Waals surface area contributed by atoms with Crippen molar-refractivity contribution in [2.45, 2.75) is 12.5 Å². The molecule has 0 saturated carbocycles. The second kappa shape index (κ2) is 9.91. The third kappa shape index (κ3) is 4.71. The highest BCUT2D eigenvalue weighted by Gasteiger charge is 2.22. The SMILES string of the molecule is COc1cc(C(=O)N(C)C)cnc1-c1cc2nccc(-c3ccc(NC4CCN(C)C4)c(C#N)c3)c2o1. The molecule has 3 aromatic heterocycles. The third-order valence-corrected chi connectivity index (χ3v) is 6.57. The van der Waals surface area contributed by atoms with Crippen molar-refractivity contribution in [2.75, 3.05) is 46.7 Å². The minimum atomic E-state index is -0.169. The molecular formula is C28H28N6O3. The monoisotopic (exact) mass is 496 g/mol. The number of hydrogen-bond donors (Lipinski definition) is 1. The molecule has 1 fully saturated rings. The van der Waals surface area contributed by atoms with Gasteiger partial charge in [-0.2, -0.15) is 5.26 Å². The zero-order valence-corrected chi connectivity index (χ0v) is 21.3. The quantitative estimate of drug-likeness (QED) is 0.422. The van der Waals surface area contributed by atoms with Crippen LogP contribution >= 0.6 is 0 Å². The molecule has 1 aliphatic heterocycles. The lowest BCUT2D eigenvalue weighted by Crippen LogP contribution is -2.23. The predicted octanol–water partition coefficient (Wildman–Crippen LogP) is 4.25. The van der Waals surface area contributed by atoms with Gasteiger partial charge in [0.2, 0.25) is 0 Å². The maximum absolute atomic E-state index is 12.4. The number of hydrogen-bond acceptors (Lipinski definition) is 8. The highest BCUT2D eigenvalue weighted by Crippen LogP contribution is 2.37. The first-order valence-corrected chi connectivity index (χ1v) is 12.0. The smallest absolute Gasteiger partial charge is 0.255 e. The molecule has 0 bridgehead atoms. The molecule has 188 valence electrons. The van der Waals surface area contributed by atoms with Crippen LogP contribution in [0.25, 0.3) is 33.7 Å². The number of ether oxygens (including phenoxy) is 1. The van der Waals surface area contributed by atoms with Gasteiger partial charge in [-0.25, -0.2) is 4.98 Å². The van der Waals surface area contributed by atoms with Crippen LogP contribution in [0.2, 0.25) is 0 Å². The van der Waals surface area contributed by atoms with Gasteiger partial charge >= 0.3 is 0 Å². The van der Waals surface area contributed by atoms with Gasteiger partial charge in [-0.3, -0.25) is 9.78 Å². The maximum Gasteiger partial charge on any atom is 0.255 e. The number of rotatable bonds is 6. The van der Waals surface area contributed by atoms with Gasteiger partial charge in [0.05, 0.1) is 23.9 Å². The lowest BCUT2D eigenvalue weighted by molar-refractivity contribution is 0.0827. The molecule has 0 radical (unpaired) electrons. The standard InChI is InChI=1S/C28H28N6O3/c1-33(2)28(35)19-12-24(36-4)26(31-15-19)25-13-23-27(37-25)21(7-9-30-23)17-5-6-22(18(11-17)14-29)32-20-8-10-34(3)16-20/h5-7,9,11-13,15,20,32H,8,10,16H2,1-4H3. The summed E-state index contributed by atoms with van der Waals surface area (Å²) in [5.74, 6) is 0.727. The molecule has 1 aliphatic rings. The van der Waals surface area contributed by atoms with Crippen LogP contribution in [-0.2, 0) is 0 Å². The van der Waals surface area contributed by atoms with E-state index in [-0.39, 0.29) is 5.91 Å². The number of nitriles is 1. The summed E-state index contributed by atoms with van der Waals surface area (Å²) in [4.78, 5) is 25.0. The Morgan fingerprint density at radius 1 is 1.24 bits per heavy atom. The molecule has 1 N–H and O–H groups in total. The predicted molar refractivity (Wildman–Crippen MR) is 141 cm³/mol. The second-order valence-corrected chi connectivity index (χ2v) is 9.42. The van der Waals surface area contributed by atoms with E-state index in [1.54, 1.807) is 32.4 Å². The van der Waals surface area contributed by atoms with E-state index in [9.17, 15) is 10.1 Å². The van der Waals surface area contributed by atoms with E-state index >= 15 is 0 Å². The van der Waals surface area contributed by atoms with E-state index in [1.807, 2.05) is 24.3 Å². The molecule has 1 atom stereocenters. The van der Waals surface area contributed by atoms with Gasteiger partial charge < -0.3 is 24.3 Å². The fourth-order valence-electron chi connectivity index (χ4n) is 4.65. The number of likely N-dealkylation sites (N-methyl/N-ethyl adjacent to an activating group) is 1. The Morgan fingerprint density at radius 2 is 2.08 bits per heavy atom. The van der Waals surface area contributed by atoms with E-state index in [0.29, 0.717) is 45.5 Å². The van der Waals surface area contributed by atoms with E-state index < -0.39 is 0 Å². The van der Waals surface area contributed by atoms with Crippen LogP contribution in [0.15, 0.2) is 53.2 Å². The van der Waals surface area contributed by atoms with Crippen LogP contribution in [0.5, 0.6) is 5.75 Å². The Balaban J connectivity index is 1.51. The summed E-state index contributed by atoms with van der Waals surface area (Å²) < 4.78 is 11.8. The molecule has 1 amide bonds. The second-order valence-electron chi connectivity index (χ2n) is 9.42. The van der Waals surface area contributed by atoms with Crippen molar-refractivity contribution in [1.29, 1.82) is 5.26 Å². The first-order chi connectivity index (χ1) is 17.9. The van der Waals surface area contributed by atoms with Crippen LogP contribution in [0, 0.1) is 11.3 Å². The number of pyridine rings is 2. The molecule has 4 heterocycles. The Morgan fingerprint density at radius 3 is 2.78 bits per heavy atom. The van der Waals surface area contributed by atoms with E-state index in [1.165, 1.54) is 18.2 Å². The number of carbonyl (C=O) groups excluding carboxylic acids is 1. The zero-order chi connectivity index (χ0) is 26.1.